The van der Waals surface area contributed by atoms with Crippen molar-refractivity contribution in [3.8, 4) is 0 Å². The van der Waals surface area contributed by atoms with E-state index in [1.54, 1.807) is 0 Å². The average molecular weight is 340 g/mol. The Bertz CT molecular complexity index is 582. The van der Waals surface area contributed by atoms with Crippen LogP contribution in [-0.2, 0) is 9.31 Å². The van der Waals surface area contributed by atoms with Gasteiger partial charge in [-0.25, -0.2) is 0 Å². The van der Waals surface area contributed by atoms with Gasteiger partial charge in [0, 0.05) is 5.31 Å². The highest BCUT2D eigenvalue weighted by molar-refractivity contribution is 6.50. The summed E-state index contributed by atoms with van der Waals surface area (Å²) in [6.07, 6.45) is 9.30. The van der Waals surface area contributed by atoms with Crippen LogP contribution in [0.5, 0.6) is 0 Å². The average Bonchev–Trinajstić information content (AvgIpc) is 2.76. The van der Waals surface area contributed by atoms with Crippen molar-refractivity contribution in [2.45, 2.75) is 95.1 Å². The van der Waals surface area contributed by atoms with Crippen molar-refractivity contribution < 1.29 is 9.31 Å². The summed E-state index contributed by atoms with van der Waals surface area (Å²) in [5, 5.41) is 0.214. The van der Waals surface area contributed by atoms with E-state index < -0.39 is 0 Å². The first-order valence-corrected chi connectivity index (χ1v) is 10.2. The van der Waals surface area contributed by atoms with Gasteiger partial charge in [0.1, 0.15) is 0 Å². The van der Waals surface area contributed by atoms with Crippen molar-refractivity contribution in [3.63, 3.8) is 0 Å². The molecule has 0 amide bonds. The molecule has 0 unspecified atom stereocenters. The monoisotopic (exact) mass is 340 g/mol. The quantitative estimate of drug-likeness (QED) is 0.631. The van der Waals surface area contributed by atoms with Gasteiger partial charge in [-0.05, 0) is 57.9 Å². The molecule has 0 spiro atoms. The number of hydrogen-bond donors (Lipinski definition) is 0. The van der Waals surface area contributed by atoms with E-state index in [9.17, 15) is 0 Å². The van der Waals surface area contributed by atoms with Crippen LogP contribution in [0.4, 0.5) is 0 Å². The van der Waals surface area contributed by atoms with Crippen LogP contribution in [-0.4, -0.2) is 18.3 Å². The molecule has 3 aliphatic rings. The standard InChI is InChI=1S/C22H33BO2/c1-20(2)21(3,4)25-23(24-20)22(19-13-9-6-10-14-19)15-18(16-22)17-11-7-5-8-12-17/h5,7-8,11-12,18-19H,6,9-10,13-16H2,1-4H3. The van der Waals surface area contributed by atoms with Crippen LogP contribution in [0.2, 0.25) is 5.31 Å². The largest absolute Gasteiger partial charge is 0.464 e. The molecule has 1 aromatic rings. The predicted octanol–water partition coefficient (Wildman–Crippen LogP) is 5.98. The van der Waals surface area contributed by atoms with Crippen molar-refractivity contribution in [2.24, 2.45) is 5.92 Å². The van der Waals surface area contributed by atoms with Gasteiger partial charge in [-0.3, -0.25) is 0 Å². The molecule has 3 fully saturated rings. The fraction of sp³-hybridized carbons (Fsp3) is 0.727. The Morgan fingerprint density at radius 1 is 0.840 bits per heavy atom. The van der Waals surface area contributed by atoms with Crippen molar-refractivity contribution in [2.75, 3.05) is 0 Å². The van der Waals surface area contributed by atoms with E-state index in [0.29, 0.717) is 5.92 Å². The zero-order valence-corrected chi connectivity index (χ0v) is 16.4. The van der Waals surface area contributed by atoms with Crippen molar-refractivity contribution in [3.05, 3.63) is 35.9 Å². The summed E-state index contributed by atoms with van der Waals surface area (Å²) in [6.45, 7) is 8.76. The summed E-state index contributed by atoms with van der Waals surface area (Å²) in [5.41, 5.74) is 1.04. The second-order valence-corrected chi connectivity index (χ2v) is 9.67. The molecule has 1 aromatic carbocycles. The molecule has 25 heavy (non-hydrogen) atoms. The Morgan fingerprint density at radius 2 is 1.40 bits per heavy atom. The first kappa shape index (κ1) is 17.6. The molecular formula is C22H33BO2. The number of benzene rings is 1. The SMILES string of the molecule is CC1(C)OB(C2(C3CCCCC3)CC(c3ccccc3)C2)OC1(C)C. The molecule has 0 radical (unpaired) electrons. The fourth-order valence-electron chi connectivity index (χ4n) is 5.29. The second kappa shape index (κ2) is 6.13. The van der Waals surface area contributed by atoms with Crippen molar-refractivity contribution in [1.82, 2.24) is 0 Å². The van der Waals surface area contributed by atoms with Crippen LogP contribution >= 0.6 is 0 Å². The fourth-order valence-corrected chi connectivity index (χ4v) is 5.29. The molecule has 0 atom stereocenters. The van der Waals surface area contributed by atoms with E-state index in [1.807, 2.05) is 0 Å². The van der Waals surface area contributed by atoms with Crippen LogP contribution in [0.1, 0.15) is 84.1 Å². The molecule has 2 saturated carbocycles. The van der Waals surface area contributed by atoms with E-state index in [2.05, 4.69) is 58.0 Å². The van der Waals surface area contributed by atoms with Gasteiger partial charge < -0.3 is 9.31 Å². The molecule has 1 saturated heterocycles. The van der Waals surface area contributed by atoms with Crippen LogP contribution < -0.4 is 0 Å². The predicted molar refractivity (Wildman–Crippen MR) is 104 cm³/mol. The van der Waals surface area contributed by atoms with Crippen molar-refractivity contribution >= 4 is 7.12 Å². The van der Waals surface area contributed by atoms with E-state index in [1.165, 1.54) is 50.5 Å². The lowest BCUT2D eigenvalue weighted by Crippen LogP contribution is -2.49. The zero-order chi connectivity index (χ0) is 17.7. The summed E-state index contributed by atoms with van der Waals surface area (Å²) in [5.74, 6) is 1.43. The Labute approximate surface area is 153 Å². The van der Waals surface area contributed by atoms with Gasteiger partial charge in [-0.1, -0.05) is 62.4 Å². The van der Waals surface area contributed by atoms with Crippen LogP contribution in [0.25, 0.3) is 0 Å². The van der Waals surface area contributed by atoms with Crippen LogP contribution in [0.3, 0.4) is 0 Å². The molecule has 0 N–H and O–H groups in total. The van der Waals surface area contributed by atoms with E-state index in [0.717, 1.165) is 5.92 Å². The Hall–Kier alpha value is -0.795. The summed E-state index contributed by atoms with van der Waals surface area (Å²) >= 11 is 0. The maximum absolute atomic E-state index is 6.59. The summed E-state index contributed by atoms with van der Waals surface area (Å²) in [4.78, 5) is 0. The van der Waals surface area contributed by atoms with Gasteiger partial charge in [0.15, 0.2) is 0 Å². The Morgan fingerprint density at radius 3 is 1.96 bits per heavy atom. The van der Waals surface area contributed by atoms with E-state index >= 15 is 0 Å². The molecule has 0 bridgehead atoms. The molecule has 2 nitrogen and oxygen atoms in total. The van der Waals surface area contributed by atoms with Gasteiger partial charge in [-0.2, -0.15) is 0 Å². The van der Waals surface area contributed by atoms with E-state index in [4.69, 9.17) is 9.31 Å². The van der Waals surface area contributed by atoms with Gasteiger partial charge in [0.2, 0.25) is 0 Å². The van der Waals surface area contributed by atoms with Gasteiger partial charge >= 0.3 is 7.12 Å². The van der Waals surface area contributed by atoms with Crippen molar-refractivity contribution in [1.29, 1.82) is 0 Å². The lowest BCUT2D eigenvalue weighted by atomic mass is 9.37. The third-order valence-electron chi connectivity index (χ3n) is 7.66. The third-order valence-corrected chi connectivity index (χ3v) is 7.66. The summed E-state index contributed by atoms with van der Waals surface area (Å²) in [6, 6.07) is 11.0. The summed E-state index contributed by atoms with van der Waals surface area (Å²) < 4.78 is 13.2. The minimum absolute atomic E-state index is 0.0411. The van der Waals surface area contributed by atoms with Gasteiger partial charge in [-0.15, -0.1) is 0 Å². The lowest BCUT2D eigenvalue weighted by molar-refractivity contribution is 0.00578. The third kappa shape index (κ3) is 2.88. The number of hydrogen-bond acceptors (Lipinski definition) is 2. The molecule has 0 aromatic heterocycles. The van der Waals surface area contributed by atoms with Gasteiger partial charge in [0.05, 0.1) is 11.2 Å². The molecule has 4 rings (SSSR count). The topological polar surface area (TPSA) is 18.5 Å². The first-order chi connectivity index (χ1) is 11.8. The number of rotatable bonds is 3. The maximum Gasteiger partial charge on any atom is 0.464 e. The van der Waals surface area contributed by atoms with Crippen LogP contribution in [0.15, 0.2) is 30.3 Å². The second-order valence-electron chi connectivity index (χ2n) is 9.67. The molecule has 136 valence electrons. The Kier molecular flexibility index (Phi) is 4.32. The molecular weight excluding hydrogens is 307 g/mol. The molecule has 1 aliphatic heterocycles. The normalized spacial score (nSPS) is 34.7. The molecule has 2 aliphatic carbocycles. The highest BCUT2D eigenvalue weighted by Crippen LogP contribution is 2.67. The minimum atomic E-state index is -0.225. The lowest BCUT2D eigenvalue weighted by Gasteiger charge is -2.54. The van der Waals surface area contributed by atoms with Gasteiger partial charge in [0.25, 0.3) is 0 Å². The molecule has 3 heteroatoms. The molecule has 1 heterocycles. The highest BCUT2D eigenvalue weighted by Gasteiger charge is 2.65. The Balaban J connectivity index is 1.59. The zero-order valence-electron chi connectivity index (χ0n) is 16.4. The minimum Gasteiger partial charge on any atom is -0.403 e. The first-order valence-electron chi connectivity index (χ1n) is 10.2. The maximum atomic E-state index is 6.59. The smallest absolute Gasteiger partial charge is 0.403 e. The highest BCUT2D eigenvalue weighted by atomic mass is 16.7. The summed E-state index contributed by atoms with van der Waals surface area (Å²) in [7, 11) is -0.0411. The van der Waals surface area contributed by atoms with E-state index in [-0.39, 0.29) is 23.6 Å². The van der Waals surface area contributed by atoms with Crippen LogP contribution in [0, 0.1) is 5.92 Å².